The maximum absolute atomic E-state index is 12.0. The largest absolute Gasteiger partial charge is 0.480 e. The van der Waals surface area contributed by atoms with Crippen molar-refractivity contribution in [2.75, 3.05) is 0 Å². The summed E-state index contributed by atoms with van der Waals surface area (Å²) in [6, 6.07) is 3.69. The Labute approximate surface area is 121 Å². The van der Waals surface area contributed by atoms with Gasteiger partial charge in [-0.15, -0.1) is 0 Å². The van der Waals surface area contributed by atoms with Crippen molar-refractivity contribution < 1.29 is 14.7 Å². The van der Waals surface area contributed by atoms with Gasteiger partial charge in [0.25, 0.3) is 5.91 Å². The maximum Gasteiger partial charge on any atom is 0.326 e. The molecular weight excluding hydrogens is 289 g/mol. The highest BCUT2D eigenvalue weighted by Gasteiger charge is 2.26. The van der Waals surface area contributed by atoms with Gasteiger partial charge in [-0.25, -0.2) is 4.79 Å². The van der Waals surface area contributed by atoms with E-state index in [1.54, 1.807) is 19.1 Å². The van der Waals surface area contributed by atoms with E-state index < -0.39 is 17.9 Å². The van der Waals surface area contributed by atoms with Crippen molar-refractivity contribution in [1.82, 2.24) is 5.32 Å². The van der Waals surface area contributed by atoms with Crippen LogP contribution < -0.4 is 5.32 Å². The Morgan fingerprint density at radius 1 is 1.37 bits per heavy atom. The molecule has 0 aromatic heterocycles. The smallest absolute Gasteiger partial charge is 0.326 e. The fraction of sp³-hybridized carbons (Fsp3) is 0.385. The minimum absolute atomic E-state index is 0.120. The van der Waals surface area contributed by atoms with Crippen molar-refractivity contribution in [3.05, 3.63) is 33.8 Å². The fourth-order valence-corrected chi connectivity index (χ4v) is 1.97. The first-order chi connectivity index (χ1) is 8.88. The third-order valence-electron chi connectivity index (χ3n) is 2.96. The Hall–Kier alpha value is -1.26. The lowest BCUT2D eigenvalue weighted by atomic mass is 9.99. The molecule has 0 aliphatic heterocycles. The molecule has 6 heteroatoms. The van der Waals surface area contributed by atoms with Gasteiger partial charge < -0.3 is 10.4 Å². The lowest BCUT2D eigenvalue weighted by Gasteiger charge is -2.20. The van der Waals surface area contributed by atoms with E-state index in [9.17, 15) is 9.59 Å². The fourth-order valence-electron chi connectivity index (χ4n) is 1.58. The van der Waals surface area contributed by atoms with Crippen LogP contribution in [0.25, 0.3) is 0 Å². The van der Waals surface area contributed by atoms with E-state index in [1.807, 2.05) is 6.92 Å². The Bertz CT molecular complexity index is 491. The molecule has 1 aromatic carbocycles. The average Bonchev–Trinajstić information content (AvgIpc) is 2.37. The molecule has 0 fully saturated rings. The molecule has 2 unspecified atom stereocenters. The molecule has 1 aromatic rings. The molecule has 2 atom stereocenters. The van der Waals surface area contributed by atoms with E-state index in [0.717, 1.165) is 0 Å². The predicted molar refractivity (Wildman–Crippen MR) is 74.8 cm³/mol. The van der Waals surface area contributed by atoms with Gasteiger partial charge in [0.1, 0.15) is 6.04 Å². The quantitative estimate of drug-likeness (QED) is 0.877. The van der Waals surface area contributed by atoms with Crippen LogP contribution in [0.5, 0.6) is 0 Å². The molecule has 1 rings (SSSR count). The Kier molecular flexibility index (Phi) is 5.63. The van der Waals surface area contributed by atoms with E-state index in [1.165, 1.54) is 6.07 Å². The third-order valence-corrected chi connectivity index (χ3v) is 3.78. The number of halogens is 2. The van der Waals surface area contributed by atoms with E-state index in [2.05, 4.69) is 5.32 Å². The van der Waals surface area contributed by atoms with Crippen LogP contribution in [0, 0.1) is 5.92 Å². The van der Waals surface area contributed by atoms with Gasteiger partial charge >= 0.3 is 5.97 Å². The van der Waals surface area contributed by atoms with Crippen molar-refractivity contribution >= 4 is 35.1 Å². The summed E-state index contributed by atoms with van der Waals surface area (Å²) in [5, 5.41) is 12.0. The zero-order valence-corrected chi connectivity index (χ0v) is 12.1. The average molecular weight is 304 g/mol. The van der Waals surface area contributed by atoms with Crippen molar-refractivity contribution in [3.63, 3.8) is 0 Å². The standard InChI is InChI=1S/C13H15Cl2NO3/c1-3-7(2)11(13(18)19)16-12(17)8-5-4-6-9(14)10(8)15/h4-7,11H,3H2,1-2H3,(H,16,17)(H,18,19). The number of carboxylic acids is 1. The highest BCUT2D eigenvalue weighted by atomic mass is 35.5. The van der Waals surface area contributed by atoms with Gasteiger partial charge in [0, 0.05) is 0 Å². The highest BCUT2D eigenvalue weighted by molar-refractivity contribution is 6.43. The maximum atomic E-state index is 12.0. The summed E-state index contributed by atoms with van der Waals surface area (Å²) in [6.07, 6.45) is 0.639. The van der Waals surface area contributed by atoms with E-state index in [0.29, 0.717) is 6.42 Å². The van der Waals surface area contributed by atoms with Crippen LogP contribution in [0.15, 0.2) is 18.2 Å². The van der Waals surface area contributed by atoms with Crippen LogP contribution in [0.1, 0.15) is 30.6 Å². The number of nitrogens with one attached hydrogen (secondary N) is 1. The van der Waals surface area contributed by atoms with Crippen molar-refractivity contribution in [2.24, 2.45) is 5.92 Å². The topological polar surface area (TPSA) is 66.4 Å². The van der Waals surface area contributed by atoms with E-state index in [4.69, 9.17) is 28.3 Å². The Morgan fingerprint density at radius 3 is 2.53 bits per heavy atom. The Balaban J connectivity index is 2.94. The number of aliphatic carboxylic acids is 1. The lowest BCUT2D eigenvalue weighted by molar-refractivity contribution is -0.140. The number of hydrogen-bond acceptors (Lipinski definition) is 2. The molecule has 0 radical (unpaired) electrons. The minimum Gasteiger partial charge on any atom is -0.480 e. The van der Waals surface area contributed by atoms with Crippen LogP contribution >= 0.6 is 23.2 Å². The van der Waals surface area contributed by atoms with E-state index >= 15 is 0 Å². The normalized spacial score (nSPS) is 13.7. The number of carbonyl (C=O) groups excluding carboxylic acids is 1. The second kappa shape index (κ2) is 6.78. The van der Waals surface area contributed by atoms with Crippen LogP contribution in [-0.2, 0) is 4.79 Å². The molecule has 4 nitrogen and oxygen atoms in total. The van der Waals surface area contributed by atoms with Crippen molar-refractivity contribution in [3.8, 4) is 0 Å². The molecule has 2 N–H and O–H groups in total. The number of hydrogen-bond donors (Lipinski definition) is 2. The minimum atomic E-state index is -1.07. The summed E-state index contributed by atoms with van der Waals surface area (Å²) < 4.78 is 0. The van der Waals surface area contributed by atoms with Gasteiger partial charge in [0.15, 0.2) is 0 Å². The molecular formula is C13H15Cl2NO3. The Morgan fingerprint density at radius 2 is 2.00 bits per heavy atom. The molecule has 0 bridgehead atoms. The summed E-state index contributed by atoms with van der Waals surface area (Å²) in [5.74, 6) is -1.79. The molecule has 0 spiro atoms. The lowest BCUT2D eigenvalue weighted by Crippen LogP contribution is -2.45. The van der Waals surface area contributed by atoms with Crippen LogP contribution in [0.4, 0.5) is 0 Å². The van der Waals surface area contributed by atoms with Gasteiger partial charge in [-0.1, -0.05) is 49.5 Å². The predicted octanol–water partition coefficient (Wildman–Crippen LogP) is 3.22. The van der Waals surface area contributed by atoms with E-state index in [-0.39, 0.29) is 21.5 Å². The monoisotopic (exact) mass is 303 g/mol. The zero-order chi connectivity index (χ0) is 14.6. The summed E-state index contributed by atoms with van der Waals surface area (Å²) in [6.45, 7) is 3.62. The third kappa shape index (κ3) is 3.85. The van der Waals surface area contributed by atoms with Gasteiger partial charge in [-0.05, 0) is 18.1 Å². The van der Waals surface area contributed by atoms with Crippen molar-refractivity contribution in [1.29, 1.82) is 0 Å². The zero-order valence-electron chi connectivity index (χ0n) is 10.6. The van der Waals surface area contributed by atoms with Gasteiger partial charge in [-0.3, -0.25) is 4.79 Å². The second-order valence-electron chi connectivity index (χ2n) is 4.28. The van der Waals surface area contributed by atoms with Gasteiger partial charge in [0.2, 0.25) is 0 Å². The van der Waals surface area contributed by atoms with Crippen LogP contribution in [-0.4, -0.2) is 23.0 Å². The van der Waals surface area contributed by atoms with Gasteiger partial charge in [0.05, 0.1) is 15.6 Å². The number of rotatable bonds is 5. The van der Waals surface area contributed by atoms with Crippen LogP contribution in [0.3, 0.4) is 0 Å². The summed E-state index contributed by atoms with van der Waals surface area (Å²) in [7, 11) is 0. The molecule has 19 heavy (non-hydrogen) atoms. The molecule has 0 saturated carbocycles. The molecule has 0 saturated heterocycles. The first-order valence-corrected chi connectivity index (χ1v) is 6.61. The van der Waals surface area contributed by atoms with Gasteiger partial charge in [-0.2, -0.15) is 0 Å². The van der Waals surface area contributed by atoms with Crippen LogP contribution in [0.2, 0.25) is 10.0 Å². The van der Waals surface area contributed by atoms with Crippen molar-refractivity contribution in [2.45, 2.75) is 26.3 Å². The number of benzene rings is 1. The summed E-state index contributed by atoms with van der Waals surface area (Å²) >= 11 is 11.7. The second-order valence-corrected chi connectivity index (χ2v) is 5.06. The first-order valence-electron chi connectivity index (χ1n) is 5.86. The SMILES string of the molecule is CCC(C)C(NC(=O)c1cccc(Cl)c1Cl)C(=O)O. The number of carboxylic acid groups (broad SMARTS) is 1. The highest BCUT2D eigenvalue weighted by Crippen LogP contribution is 2.25. The number of amides is 1. The molecule has 0 aliphatic carbocycles. The molecule has 0 heterocycles. The summed E-state index contributed by atoms with van der Waals surface area (Å²) in [4.78, 5) is 23.2. The molecule has 0 aliphatic rings. The molecule has 1 amide bonds. The number of carbonyl (C=O) groups is 2. The first kappa shape index (κ1) is 15.8. The molecule has 104 valence electrons. The summed E-state index contributed by atoms with van der Waals surface area (Å²) in [5.41, 5.74) is 0.170.